The van der Waals surface area contributed by atoms with Crippen molar-refractivity contribution in [2.24, 2.45) is 7.05 Å². The number of aryl methyl sites for hydroxylation is 1. The van der Waals surface area contributed by atoms with E-state index in [2.05, 4.69) is 15.1 Å². The molecule has 20 heavy (non-hydrogen) atoms. The van der Waals surface area contributed by atoms with Crippen molar-refractivity contribution < 1.29 is 5.11 Å². The fourth-order valence-electron chi connectivity index (χ4n) is 2.13. The average molecular weight is 271 g/mol. The molecule has 0 aliphatic heterocycles. The van der Waals surface area contributed by atoms with E-state index in [9.17, 15) is 4.79 Å². The highest BCUT2D eigenvalue weighted by atomic mass is 16.3. The van der Waals surface area contributed by atoms with E-state index in [4.69, 9.17) is 5.11 Å². The minimum absolute atomic E-state index is 0.0791. The molecule has 0 saturated carbocycles. The average Bonchev–Trinajstić information content (AvgIpc) is 2.91. The third kappa shape index (κ3) is 1.88. The number of aliphatic hydroxyl groups is 1. The van der Waals surface area contributed by atoms with E-state index in [0.29, 0.717) is 11.3 Å². The van der Waals surface area contributed by atoms with E-state index in [0.717, 1.165) is 5.52 Å². The Labute approximate surface area is 114 Å². The lowest BCUT2D eigenvalue weighted by molar-refractivity contribution is 0.270. The van der Waals surface area contributed by atoms with E-state index < -0.39 is 0 Å². The third-order valence-electron chi connectivity index (χ3n) is 3.12. The highest BCUT2D eigenvalue weighted by Crippen LogP contribution is 2.14. The number of rotatable bonds is 3. The quantitative estimate of drug-likeness (QED) is 0.734. The van der Waals surface area contributed by atoms with Crippen LogP contribution in [0.3, 0.4) is 0 Å². The Morgan fingerprint density at radius 3 is 2.90 bits per heavy atom. The summed E-state index contributed by atoms with van der Waals surface area (Å²) in [4.78, 5) is 20.9. The van der Waals surface area contributed by atoms with Crippen LogP contribution >= 0.6 is 0 Å². The maximum atomic E-state index is 12.4. The minimum atomic E-state index is -0.240. The van der Waals surface area contributed by atoms with Gasteiger partial charge in [-0.15, -0.1) is 0 Å². The molecule has 0 amide bonds. The lowest BCUT2D eigenvalue weighted by Gasteiger charge is -2.08. The van der Waals surface area contributed by atoms with Gasteiger partial charge in [-0.05, 0) is 12.1 Å². The number of aromatic nitrogens is 5. The molecule has 7 nitrogen and oxygen atoms in total. The van der Waals surface area contributed by atoms with Crippen molar-refractivity contribution in [1.29, 1.82) is 0 Å². The van der Waals surface area contributed by atoms with E-state index in [1.807, 2.05) is 24.3 Å². The fraction of sp³-hybridized carbons (Fsp3) is 0.231. The van der Waals surface area contributed by atoms with Gasteiger partial charge in [0.2, 0.25) is 0 Å². The Kier molecular flexibility index (Phi) is 3.03. The molecule has 3 rings (SSSR count). The van der Waals surface area contributed by atoms with Gasteiger partial charge in [0.05, 0.1) is 24.2 Å². The molecular weight excluding hydrogens is 258 g/mol. The molecule has 0 bridgehead atoms. The number of aliphatic hydroxyl groups excluding tert-OH is 1. The van der Waals surface area contributed by atoms with Gasteiger partial charge in [0.25, 0.3) is 5.56 Å². The Balaban J connectivity index is 2.29. The molecule has 2 heterocycles. The van der Waals surface area contributed by atoms with Crippen LogP contribution < -0.4 is 5.56 Å². The first-order chi connectivity index (χ1) is 9.72. The number of benzene rings is 1. The van der Waals surface area contributed by atoms with Gasteiger partial charge in [0, 0.05) is 7.05 Å². The van der Waals surface area contributed by atoms with Gasteiger partial charge in [-0.2, -0.15) is 5.10 Å². The Hall–Kier alpha value is -2.54. The predicted molar refractivity (Wildman–Crippen MR) is 73.1 cm³/mol. The predicted octanol–water partition coefficient (Wildman–Crippen LogP) is 0.184. The second-order valence-corrected chi connectivity index (χ2v) is 4.34. The fourth-order valence-corrected chi connectivity index (χ4v) is 2.13. The highest BCUT2D eigenvalue weighted by Gasteiger charge is 2.15. The van der Waals surface area contributed by atoms with Crippen molar-refractivity contribution in [2.75, 3.05) is 6.61 Å². The Morgan fingerprint density at radius 1 is 1.30 bits per heavy atom. The summed E-state index contributed by atoms with van der Waals surface area (Å²) < 4.78 is 3.01. The number of hydrogen-bond donors (Lipinski definition) is 1. The lowest BCUT2D eigenvalue weighted by atomic mass is 10.2. The topological polar surface area (TPSA) is 85.8 Å². The zero-order valence-corrected chi connectivity index (χ0v) is 10.9. The second kappa shape index (κ2) is 4.86. The zero-order chi connectivity index (χ0) is 14.1. The first-order valence-electron chi connectivity index (χ1n) is 6.17. The minimum Gasteiger partial charge on any atom is -0.394 e. The van der Waals surface area contributed by atoms with Gasteiger partial charge in [-0.1, -0.05) is 12.1 Å². The largest absolute Gasteiger partial charge is 0.394 e. The third-order valence-corrected chi connectivity index (χ3v) is 3.12. The Morgan fingerprint density at radius 2 is 2.10 bits per heavy atom. The molecule has 3 aromatic rings. The molecule has 0 aliphatic rings. The van der Waals surface area contributed by atoms with Crippen molar-refractivity contribution >= 4 is 11.0 Å². The van der Waals surface area contributed by atoms with Crippen LogP contribution in [-0.4, -0.2) is 36.0 Å². The molecule has 0 fully saturated rings. The van der Waals surface area contributed by atoms with Gasteiger partial charge in [0.15, 0.2) is 11.5 Å². The summed E-state index contributed by atoms with van der Waals surface area (Å²) >= 11 is 0. The summed E-state index contributed by atoms with van der Waals surface area (Å²) in [6, 6.07) is 7.40. The van der Waals surface area contributed by atoms with Gasteiger partial charge in [0.1, 0.15) is 6.33 Å². The van der Waals surface area contributed by atoms with Crippen molar-refractivity contribution in [1.82, 2.24) is 24.3 Å². The van der Waals surface area contributed by atoms with Crippen molar-refractivity contribution in [3.63, 3.8) is 0 Å². The summed E-state index contributed by atoms with van der Waals surface area (Å²) in [7, 11) is 1.70. The van der Waals surface area contributed by atoms with Crippen LogP contribution in [0.1, 0.15) is 0 Å². The molecule has 0 radical (unpaired) electrons. The molecule has 0 atom stereocenters. The monoisotopic (exact) mass is 271 g/mol. The number of para-hydroxylation sites is 2. The van der Waals surface area contributed by atoms with Crippen LogP contribution in [0.15, 0.2) is 35.4 Å². The van der Waals surface area contributed by atoms with Gasteiger partial charge < -0.3 is 9.67 Å². The standard InChI is InChI=1S/C13H13N5O2/c1-17-10-5-3-2-4-9(10)16-11(13(17)20)12-14-8-15-18(12)6-7-19/h2-5,8,19H,6-7H2,1H3. The molecule has 0 saturated heterocycles. The molecule has 0 aliphatic carbocycles. The maximum absolute atomic E-state index is 12.4. The number of fused-ring (bicyclic) bond motifs is 1. The first-order valence-corrected chi connectivity index (χ1v) is 6.17. The molecular formula is C13H13N5O2. The van der Waals surface area contributed by atoms with Crippen LogP contribution in [0, 0.1) is 0 Å². The van der Waals surface area contributed by atoms with Crippen LogP contribution in [0.5, 0.6) is 0 Å². The summed E-state index contributed by atoms with van der Waals surface area (Å²) in [5.74, 6) is 0.366. The first kappa shape index (κ1) is 12.5. The summed E-state index contributed by atoms with van der Waals surface area (Å²) in [5, 5.41) is 13.0. The van der Waals surface area contributed by atoms with E-state index in [-0.39, 0.29) is 24.4 Å². The molecule has 102 valence electrons. The van der Waals surface area contributed by atoms with Crippen molar-refractivity contribution in [3.05, 3.63) is 40.9 Å². The number of nitrogens with zero attached hydrogens (tertiary/aromatic N) is 5. The smallest absolute Gasteiger partial charge is 0.280 e. The summed E-state index contributed by atoms with van der Waals surface area (Å²) in [6.45, 7) is 0.192. The van der Waals surface area contributed by atoms with E-state index in [1.165, 1.54) is 15.6 Å². The highest BCUT2D eigenvalue weighted by molar-refractivity contribution is 5.76. The summed E-state index contributed by atoms with van der Waals surface area (Å²) in [6.07, 6.45) is 1.35. The van der Waals surface area contributed by atoms with E-state index >= 15 is 0 Å². The normalized spacial score (nSPS) is 11.1. The molecule has 0 unspecified atom stereocenters. The maximum Gasteiger partial charge on any atom is 0.280 e. The summed E-state index contributed by atoms with van der Waals surface area (Å²) in [5.41, 5.74) is 1.46. The van der Waals surface area contributed by atoms with Crippen LogP contribution in [0.25, 0.3) is 22.6 Å². The van der Waals surface area contributed by atoms with Gasteiger partial charge in [-0.3, -0.25) is 4.79 Å². The Bertz CT molecular complexity index is 821. The molecule has 0 spiro atoms. The van der Waals surface area contributed by atoms with Gasteiger partial charge in [-0.25, -0.2) is 14.6 Å². The molecule has 1 aromatic carbocycles. The van der Waals surface area contributed by atoms with Crippen LogP contribution in [0.2, 0.25) is 0 Å². The molecule has 1 N–H and O–H groups in total. The van der Waals surface area contributed by atoms with E-state index in [1.54, 1.807) is 7.05 Å². The zero-order valence-electron chi connectivity index (χ0n) is 10.9. The van der Waals surface area contributed by atoms with Gasteiger partial charge >= 0.3 is 0 Å². The van der Waals surface area contributed by atoms with Crippen LogP contribution in [-0.2, 0) is 13.6 Å². The van der Waals surface area contributed by atoms with Crippen molar-refractivity contribution in [3.8, 4) is 11.5 Å². The number of hydrogen-bond acceptors (Lipinski definition) is 5. The molecule has 7 heteroatoms. The SMILES string of the molecule is Cn1c(=O)c(-c2ncnn2CCO)nc2ccccc21. The van der Waals surface area contributed by atoms with Crippen molar-refractivity contribution in [2.45, 2.75) is 6.54 Å². The molecule has 2 aromatic heterocycles. The lowest BCUT2D eigenvalue weighted by Crippen LogP contribution is -2.22. The second-order valence-electron chi connectivity index (χ2n) is 4.34. The van der Waals surface area contributed by atoms with Crippen LogP contribution in [0.4, 0.5) is 0 Å².